The Kier molecular flexibility index (Phi) is 1.47. The Balaban J connectivity index is 2.54. The van der Waals surface area contributed by atoms with Crippen molar-refractivity contribution in [2.24, 2.45) is 5.41 Å². The Morgan fingerprint density at radius 3 is 2.78 bits per heavy atom. The molecule has 0 saturated carbocycles. The van der Waals surface area contributed by atoms with Crippen molar-refractivity contribution in [3.8, 4) is 0 Å². The van der Waals surface area contributed by atoms with Crippen molar-refractivity contribution in [2.45, 2.75) is 20.3 Å². The third-order valence-electron chi connectivity index (χ3n) is 1.82. The Bertz CT molecular complexity index is 131. The van der Waals surface area contributed by atoms with Crippen LogP contribution in [0.2, 0.25) is 0 Å². The molecule has 2 nitrogen and oxygen atoms in total. The van der Waals surface area contributed by atoms with E-state index in [1.807, 2.05) is 6.92 Å². The van der Waals surface area contributed by atoms with Gasteiger partial charge in [0.2, 0.25) is 0 Å². The first-order valence-electron chi connectivity index (χ1n) is 3.19. The van der Waals surface area contributed by atoms with Gasteiger partial charge in [0.15, 0.2) is 0 Å². The number of hydrogen-bond acceptors (Lipinski definition) is 2. The maximum absolute atomic E-state index is 10.5. The predicted octanol–water partition coefficient (Wildman–Crippen LogP) is 1.16. The third-order valence-corrected chi connectivity index (χ3v) is 1.82. The van der Waals surface area contributed by atoms with Crippen molar-refractivity contribution < 1.29 is 9.53 Å². The minimum atomic E-state index is -0.167. The van der Waals surface area contributed by atoms with Crippen molar-refractivity contribution in [2.75, 3.05) is 6.61 Å². The highest BCUT2D eigenvalue weighted by molar-refractivity contribution is 5.82. The van der Waals surface area contributed by atoms with Gasteiger partial charge in [-0.1, -0.05) is 13.8 Å². The summed E-state index contributed by atoms with van der Waals surface area (Å²) in [5.74, 6) is -0.167. The topological polar surface area (TPSA) is 26.3 Å². The van der Waals surface area contributed by atoms with Crippen LogP contribution in [-0.4, -0.2) is 12.6 Å². The van der Waals surface area contributed by atoms with Crippen LogP contribution in [0.25, 0.3) is 0 Å². The summed E-state index contributed by atoms with van der Waals surface area (Å²) in [5.41, 5.74) is 0.0110. The van der Waals surface area contributed by atoms with E-state index in [4.69, 9.17) is 4.74 Å². The lowest BCUT2D eigenvalue weighted by atomic mass is 9.87. The molecule has 1 aliphatic heterocycles. The fourth-order valence-electron chi connectivity index (χ4n) is 0.808. The van der Waals surface area contributed by atoms with Gasteiger partial charge in [-0.25, -0.2) is 0 Å². The molecule has 1 heterocycles. The molecule has 0 aromatic rings. The first-order valence-corrected chi connectivity index (χ1v) is 3.19. The van der Waals surface area contributed by atoms with Crippen molar-refractivity contribution in [3.63, 3.8) is 0 Å². The summed E-state index contributed by atoms with van der Waals surface area (Å²) in [6.45, 7) is 4.64. The SMILES string of the molecule is CCC1(C)[CH]C(=O)OC1. The van der Waals surface area contributed by atoms with E-state index < -0.39 is 0 Å². The largest absolute Gasteiger partial charge is 0.465 e. The summed E-state index contributed by atoms with van der Waals surface area (Å²) in [6, 6.07) is 0. The maximum Gasteiger partial charge on any atom is 0.310 e. The molecule has 51 valence electrons. The highest BCUT2D eigenvalue weighted by Gasteiger charge is 2.34. The maximum atomic E-state index is 10.5. The van der Waals surface area contributed by atoms with E-state index in [-0.39, 0.29) is 11.4 Å². The molecule has 0 aromatic carbocycles. The first kappa shape index (κ1) is 6.59. The minimum absolute atomic E-state index is 0.0110. The van der Waals surface area contributed by atoms with Crippen LogP contribution in [0.1, 0.15) is 20.3 Å². The lowest BCUT2D eigenvalue weighted by molar-refractivity contribution is -0.135. The van der Waals surface area contributed by atoms with Gasteiger partial charge in [0.25, 0.3) is 0 Å². The molecule has 0 bridgehead atoms. The second-order valence-corrected chi connectivity index (χ2v) is 2.76. The molecule has 9 heavy (non-hydrogen) atoms. The lowest BCUT2D eigenvalue weighted by Crippen LogP contribution is -2.14. The number of cyclic esters (lactones) is 1. The van der Waals surface area contributed by atoms with Crippen LogP contribution < -0.4 is 0 Å². The summed E-state index contributed by atoms with van der Waals surface area (Å²) in [5, 5.41) is 0. The summed E-state index contributed by atoms with van der Waals surface area (Å²) in [6.07, 6.45) is 2.63. The molecule has 0 aliphatic carbocycles. The Morgan fingerprint density at radius 2 is 2.56 bits per heavy atom. The second kappa shape index (κ2) is 2.01. The fourth-order valence-corrected chi connectivity index (χ4v) is 0.808. The van der Waals surface area contributed by atoms with E-state index in [0.29, 0.717) is 6.61 Å². The summed E-state index contributed by atoms with van der Waals surface area (Å²) in [7, 11) is 0. The number of carbonyl (C=O) groups is 1. The van der Waals surface area contributed by atoms with Gasteiger partial charge in [0.05, 0.1) is 13.0 Å². The van der Waals surface area contributed by atoms with Crippen LogP contribution in [0, 0.1) is 11.8 Å². The van der Waals surface area contributed by atoms with Crippen molar-refractivity contribution in [1.29, 1.82) is 0 Å². The van der Waals surface area contributed by atoms with Gasteiger partial charge in [-0.05, 0) is 6.42 Å². The predicted molar refractivity (Wildman–Crippen MR) is 33.7 cm³/mol. The van der Waals surface area contributed by atoms with E-state index >= 15 is 0 Å². The highest BCUT2D eigenvalue weighted by atomic mass is 16.5. The zero-order chi connectivity index (χ0) is 6.91. The molecule has 1 atom stereocenters. The van der Waals surface area contributed by atoms with Crippen molar-refractivity contribution in [1.82, 2.24) is 0 Å². The molecule has 1 saturated heterocycles. The number of rotatable bonds is 1. The Labute approximate surface area is 55.2 Å². The molecular weight excluding hydrogens is 116 g/mol. The Hall–Kier alpha value is -0.530. The smallest absolute Gasteiger partial charge is 0.310 e. The fraction of sp³-hybridized carbons (Fsp3) is 0.714. The third kappa shape index (κ3) is 1.23. The number of ether oxygens (including phenoxy) is 1. The minimum Gasteiger partial charge on any atom is -0.465 e. The molecule has 1 radical (unpaired) electrons. The van der Waals surface area contributed by atoms with Crippen LogP contribution >= 0.6 is 0 Å². The van der Waals surface area contributed by atoms with E-state index in [9.17, 15) is 4.79 Å². The van der Waals surface area contributed by atoms with Crippen LogP contribution in [0.4, 0.5) is 0 Å². The molecular formula is C7H11O2. The molecule has 0 aromatic heterocycles. The van der Waals surface area contributed by atoms with Crippen LogP contribution in [-0.2, 0) is 9.53 Å². The normalized spacial score (nSPS) is 34.7. The second-order valence-electron chi connectivity index (χ2n) is 2.76. The van der Waals surface area contributed by atoms with Crippen molar-refractivity contribution in [3.05, 3.63) is 6.42 Å². The van der Waals surface area contributed by atoms with E-state index in [0.717, 1.165) is 6.42 Å². The zero-order valence-electron chi connectivity index (χ0n) is 5.81. The highest BCUT2D eigenvalue weighted by Crippen LogP contribution is 2.30. The monoisotopic (exact) mass is 127 g/mol. The standard InChI is InChI=1S/C7H11O2/c1-3-7(2)4-6(8)9-5-7/h4H,3,5H2,1-2H3. The average molecular weight is 127 g/mol. The zero-order valence-corrected chi connectivity index (χ0v) is 5.81. The lowest BCUT2D eigenvalue weighted by Gasteiger charge is -2.14. The molecule has 1 rings (SSSR count). The molecule has 0 spiro atoms. The average Bonchev–Trinajstić information content (AvgIpc) is 2.13. The van der Waals surface area contributed by atoms with Crippen LogP contribution in [0.5, 0.6) is 0 Å². The number of hydrogen-bond donors (Lipinski definition) is 0. The molecule has 1 unspecified atom stereocenters. The van der Waals surface area contributed by atoms with E-state index in [1.165, 1.54) is 0 Å². The number of esters is 1. The Morgan fingerprint density at radius 1 is 1.89 bits per heavy atom. The quantitative estimate of drug-likeness (QED) is 0.494. The first-order chi connectivity index (χ1) is 4.16. The summed E-state index contributed by atoms with van der Waals surface area (Å²) < 4.78 is 4.76. The molecule has 0 N–H and O–H groups in total. The van der Waals surface area contributed by atoms with Gasteiger partial charge in [-0.2, -0.15) is 0 Å². The van der Waals surface area contributed by atoms with Gasteiger partial charge in [-0.15, -0.1) is 0 Å². The summed E-state index contributed by atoms with van der Waals surface area (Å²) >= 11 is 0. The van der Waals surface area contributed by atoms with Gasteiger partial charge in [0.1, 0.15) is 0 Å². The van der Waals surface area contributed by atoms with E-state index in [1.54, 1.807) is 6.42 Å². The summed E-state index contributed by atoms with van der Waals surface area (Å²) in [4.78, 5) is 10.5. The molecule has 2 heteroatoms. The molecule has 0 amide bonds. The van der Waals surface area contributed by atoms with Gasteiger partial charge in [-0.3, -0.25) is 4.79 Å². The van der Waals surface area contributed by atoms with Crippen LogP contribution in [0.3, 0.4) is 0 Å². The van der Waals surface area contributed by atoms with E-state index in [2.05, 4.69) is 6.92 Å². The van der Waals surface area contributed by atoms with Crippen molar-refractivity contribution >= 4 is 5.97 Å². The number of carbonyl (C=O) groups excluding carboxylic acids is 1. The van der Waals surface area contributed by atoms with Gasteiger partial charge < -0.3 is 4.74 Å². The van der Waals surface area contributed by atoms with Crippen LogP contribution in [0.15, 0.2) is 0 Å². The van der Waals surface area contributed by atoms with Gasteiger partial charge >= 0.3 is 5.97 Å². The van der Waals surface area contributed by atoms with Gasteiger partial charge in [0, 0.05) is 5.41 Å². The molecule has 1 aliphatic rings. The molecule has 1 fully saturated rings.